The zero-order valence-electron chi connectivity index (χ0n) is 10.8. The Labute approximate surface area is 130 Å². The Hall–Kier alpha value is -1.59. The molecule has 0 aliphatic rings. The SMILES string of the molecule is CCNc1cnccc1C(=O)Nc1ccc(Cl)cc1Br. The number of aromatic nitrogens is 1. The standard InChI is InChI=1S/C14H13BrClN3O/c1-2-18-13-8-17-6-5-10(13)14(20)19-12-4-3-9(16)7-11(12)15/h3-8,18H,2H2,1H3,(H,19,20). The number of nitrogens with zero attached hydrogens (tertiary/aromatic N) is 1. The minimum atomic E-state index is -0.202. The van der Waals surface area contributed by atoms with Gasteiger partial charge in [-0.25, -0.2) is 0 Å². The molecule has 2 rings (SSSR count). The zero-order valence-corrected chi connectivity index (χ0v) is 13.1. The van der Waals surface area contributed by atoms with Crippen LogP contribution in [0.3, 0.4) is 0 Å². The number of rotatable bonds is 4. The van der Waals surface area contributed by atoms with E-state index in [9.17, 15) is 4.79 Å². The fourth-order valence-electron chi connectivity index (χ4n) is 1.70. The highest BCUT2D eigenvalue weighted by Crippen LogP contribution is 2.27. The summed E-state index contributed by atoms with van der Waals surface area (Å²) in [7, 11) is 0. The van der Waals surface area contributed by atoms with Gasteiger partial charge in [0.15, 0.2) is 0 Å². The highest BCUT2D eigenvalue weighted by atomic mass is 79.9. The Kier molecular flexibility index (Phi) is 4.98. The zero-order chi connectivity index (χ0) is 14.5. The lowest BCUT2D eigenvalue weighted by molar-refractivity contribution is 0.102. The average molecular weight is 355 g/mol. The third-order valence-electron chi connectivity index (χ3n) is 2.61. The molecule has 0 atom stereocenters. The third kappa shape index (κ3) is 3.49. The third-order valence-corrected chi connectivity index (χ3v) is 3.50. The van der Waals surface area contributed by atoms with Crippen LogP contribution in [0.15, 0.2) is 41.1 Å². The van der Waals surface area contributed by atoms with Crippen molar-refractivity contribution < 1.29 is 4.79 Å². The van der Waals surface area contributed by atoms with Crippen molar-refractivity contribution in [2.75, 3.05) is 17.2 Å². The summed E-state index contributed by atoms with van der Waals surface area (Å²) in [6.07, 6.45) is 3.22. The van der Waals surface area contributed by atoms with E-state index in [4.69, 9.17) is 11.6 Å². The van der Waals surface area contributed by atoms with Crippen molar-refractivity contribution in [1.82, 2.24) is 4.98 Å². The summed E-state index contributed by atoms with van der Waals surface area (Å²) in [4.78, 5) is 16.3. The second-order valence-corrected chi connectivity index (χ2v) is 5.32. The van der Waals surface area contributed by atoms with E-state index < -0.39 is 0 Å². The van der Waals surface area contributed by atoms with E-state index in [0.717, 1.165) is 11.0 Å². The molecule has 0 aliphatic heterocycles. The molecule has 1 aromatic heterocycles. The van der Waals surface area contributed by atoms with E-state index in [1.807, 2.05) is 6.92 Å². The van der Waals surface area contributed by atoms with Gasteiger partial charge in [-0.05, 0) is 47.1 Å². The molecular weight excluding hydrogens is 342 g/mol. The van der Waals surface area contributed by atoms with Crippen LogP contribution in [0.4, 0.5) is 11.4 Å². The summed E-state index contributed by atoms with van der Waals surface area (Å²) in [6, 6.07) is 6.88. The van der Waals surface area contributed by atoms with Crippen molar-refractivity contribution in [3.05, 3.63) is 51.7 Å². The van der Waals surface area contributed by atoms with E-state index in [1.165, 1.54) is 0 Å². The molecule has 6 heteroatoms. The number of hydrogen-bond donors (Lipinski definition) is 2. The van der Waals surface area contributed by atoms with Gasteiger partial charge in [-0.2, -0.15) is 0 Å². The molecule has 104 valence electrons. The second-order valence-electron chi connectivity index (χ2n) is 4.03. The van der Waals surface area contributed by atoms with Crippen molar-refractivity contribution in [3.63, 3.8) is 0 Å². The molecule has 0 spiro atoms. The predicted octanol–water partition coefficient (Wildman–Crippen LogP) is 4.18. The summed E-state index contributed by atoms with van der Waals surface area (Å²) in [6.45, 7) is 2.68. The molecule has 0 aliphatic carbocycles. The average Bonchev–Trinajstić information content (AvgIpc) is 2.43. The molecule has 0 saturated heterocycles. The van der Waals surface area contributed by atoms with Crippen molar-refractivity contribution in [2.24, 2.45) is 0 Å². The Bertz CT molecular complexity index is 634. The van der Waals surface area contributed by atoms with Gasteiger partial charge in [-0.3, -0.25) is 9.78 Å². The smallest absolute Gasteiger partial charge is 0.257 e. The molecule has 20 heavy (non-hydrogen) atoms. The second kappa shape index (κ2) is 6.72. The molecule has 1 heterocycles. The van der Waals surface area contributed by atoms with E-state index >= 15 is 0 Å². The van der Waals surface area contributed by atoms with Crippen LogP contribution in [0.5, 0.6) is 0 Å². The summed E-state index contributed by atoms with van der Waals surface area (Å²) >= 11 is 9.25. The lowest BCUT2D eigenvalue weighted by atomic mass is 10.2. The topological polar surface area (TPSA) is 54.0 Å². The first-order valence-corrected chi connectivity index (χ1v) is 7.23. The van der Waals surface area contributed by atoms with Crippen LogP contribution in [-0.2, 0) is 0 Å². The number of halogens is 2. The molecule has 2 aromatic rings. The number of amides is 1. The van der Waals surface area contributed by atoms with Gasteiger partial charge in [-0.15, -0.1) is 0 Å². The number of carbonyl (C=O) groups excluding carboxylic acids is 1. The number of anilines is 2. The van der Waals surface area contributed by atoms with Gasteiger partial charge >= 0.3 is 0 Å². The van der Waals surface area contributed by atoms with Crippen LogP contribution in [0.25, 0.3) is 0 Å². The van der Waals surface area contributed by atoms with Gasteiger partial charge in [0, 0.05) is 22.2 Å². The predicted molar refractivity (Wildman–Crippen MR) is 85.5 cm³/mol. The maximum absolute atomic E-state index is 12.3. The van der Waals surface area contributed by atoms with Crippen molar-refractivity contribution in [2.45, 2.75) is 6.92 Å². The van der Waals surface area contributed by atoms with Crippen LogP contribution in [0.2, 0.25) is 5.02 Å². The molecule has 1 aromatic carbocycles. The maximum Gasteiger partial charge on any atom is 0.257 e. The van der Waals surface area contributed by atoms with E-state index in [1.54, 1.807) is 36.7 Å². The van der Waals surface area contributed by atoms with E-state index in [0.29, 0.717) is 22.0 Å². The van der Waals surface area contributed by atoms with Gasteiger partial charge in [0.25, 0.3) is 5.91 Å². The number of carbonyl (C=O) groups is 1. The van der Waals surface area contributed by atoms with Crippen molar-refractivity contribution in [1.29, 1.82) is 0 Å². The Morgan fingerprint density at radius 3 is 2.85 bits per heavy atom. The van der Waals surface area contributed by atoms with Crippen LogP contribution >= 0.6 is 27.5 Å². The molecule has 0 saturated carbocycles. The van der Waals surface area contributed by atoms with Crippen LogP contribution in [0.1, 0.15) is 17.3 Å². The normalized spacial score (nSPS) is 10.2. The fraction of sp³-hybridized carbons (Fsp3) is 0.143. The highest BCUT2D eigenvalue weighted by Gasteiger charge is 2.12. The molecule has 4 nitrogen and oxygen atoms in total. The molecule has 0 fully saturated rings. The molecule has 2 N–H and O–H groups in total. The summed E-state index contributed by atoms with van der Waals surface area (Å²) < 4.78 is 0.734. The van der Waals surface area contributed by atoms with Gasteiger partial charge in [0.05, 0.1) is 23.1 Å². The largest absolute Gasteiger partial charge is 0.383 e. The molecule has 0 radical (unpaired) electrons. The van der Waals surface area contributed by atoms with Gasteiger partial charge in [0.1, 0.15) is 0 Å². The minimum Gasteiger partial charge on any atom is -0.383 e. The quantitative estimate of drug-likeness (QED) is 0.866. The minimum absolute atomic E-state index is 0.202. The number of nitrogens with one attached hydrogen (secondary N) is 2. The first-order chi connectivity index (χ1) is 9.61. The number of benzene rings is 1. The fourth-order valence-corrected chi connectivity index (χ4v) is 2.49. The summed E-state index contributed by atoms with van der Waals surface area (Å²) in [5.74, 6) is -0.202. The molecular formula is C14H13BrClN3O. The maximum atomic E-state index is 12.3. The number of hydrogen-bond acceptors (Lipinski definition) is 3. The van der Waals surface area contributed by atoms with Crippen LogP contribution in [0, 0.1) is 0 Å². The van der Waals surface area contributed by atoms with Crippen molar-refractivity contribution in [3.8, 4) is 0 Å². The summed E-state index contributed by atoms with van der Waals surface area (Å²) in [5, 5.41) is 6.55. The molecule has 0 bridgehead atoms. The van der Waals surface area contributed by atoms with E-state index in [-0.39, 0.29) is 5.91 Å². The van der Waals surface area contributed by atoms with Crippen LogP contribution in [-0.4, -0.2) is 17.4 Å². The summed E-state index contributed by atoms with van der Waals surface area (Å²) in [5.41, 5.74) is 1.92. The lowest BCUT2D eigenvalue weighted by Crippen LogP contribution is -2.15. The van der Waals surface area contributed by atoms with Crippen LogP contribution < -0.4 is 10.6 Å². The van der Waals surface area contributed by atoms with Gasteiger partial charge in [0.2, 0.25) is 0 Å². The molecule has 0 unspecified atom stereocenters. The highest BCUT2D eigenvalue weighted by molar-refractivity contribution is 9.10. The molecule has 1 amide bonds. The lowest BCUT2D eigenvalue weighted by Gasteiger charge is -2.11. The first-order valence-electron chi connectivity index (χ1n) is 6.06. The van der Waals surface area contributed by atoms with Crippen molar-refractivity contribution >= 4 is 44.8 Å². The first kappa shape index (κ1) is 14.8. The van der Waals surface area contributed by atoms with E-state index in [2.05, 4.69) is 31.5 Å². The Balaban J connectivity index is 2.24. The Morgan fingerprint density at radius 2 is 2.15 bits per heavy atom. The Morgan fingerprint density at radius 1 is 1.35 bits per heavy atom. The number of pyridine rings is 1. The van der Waals surface area contributed by atoms with Gasteiger partial charge < -0.3 is 10.6 Å². The van der Waals surface area contributed by atoms with Gasteiger partial charge in [-0.1, -0.05) is 11.6 Å². The monoisotopic (exact) mass is 353 g/mol.